The third-order valence-corrected chi connectivity index (χ3v) is 4.38. The van der Waals surface area contributed by atoms with Crippen molar-refractivity contribution in [1.82, 2.24) is 5.32 Å². The standard InChI is InChI=1S/C10H17N/c1-2-9-5-8(1)6-10(9)3-4-11-7-10/h8-9,11H,1-7H2/t8-,9?,10-/m0/s1. The Morgan fingerprint density at radius 1 is 1.27 bits per heavy atom. The van der Waals surface area contributed by atoms with Crippen LogP contribution >= 0.6 is 0 Å². The second-order valence-electron chi connectivity index (χ2n) is 4.87. The van der Waals surface area contributed by atoms with Crippen molar-refractivity contribution in [1.29, 1.82) is 0 Å². The summed E-state index contributed by atoms with van der Waals surface area (Å²) in [6, 6.07) is 0. The minimum Gasteiger partial charge on any atom is -0.316 e. The zero-order valence-electron chi connectivity index (χ0n) is 7.10. The smallest absolute Gasteiger partial charge is 0.00110 e. The highest BCUT2D eigenvalue weighted by molar-refractivity contribution is 5.03. The first-order chi connectivity index (χ1) is 5.39. The summed E-state index contributed by atoms with van der Waals surface area (Å²) in [5.74, 6) is 2.24. The molecule has 0 aromatic rings. The molecule has 2 aliphatic carbocycles. The van der Waals surface area contributed by atoms with E-state index in [1.165, 1.54) is 19.5 Å². The van der Waals surface area contributed by atoms with Gasteiger partial charge in [-0.1, -0.05) is 6.42 Å². The molecule has 1 heterocycles. The first-order valence-electron chi connectivity index (χ1n) is 5.10. The average Bonchev–Trinajstić information content (AvgIpc) is 2.64. The summed E-state index contributed by atoms with van der Waals surface area (Å²) >= 11 is 0. The predicted molar refractivity (Wildman–Crippen MR) is 45.4 cm³/mol. The molecular weight excluding hydrogens is 134 g/mol. The van der Waals surface area contributed by atoms with Gasteiger partial charge in [-0.15, -0.1) is 0 Å². The molecule has 3 aliphatic rings. The van der Waals surface area contributed by atoms with Gasteiger partial charge in [0.05, 0.1) is 0 Å². The number of nitrogens with one attached hydrogen (secondary N) is 1. The lowest BCUT2D eigenvalue weighted by Crippen LogP contribution is -2.29. The number of hydrogen-bond acceptors (Lipinski definition) is 1. The molecule has 3 atom stereocenters. The lowest BCUT2D eigenvalue weighted by atomic mass is 9.73. The van der Waals surface area contributed by atoms with Crippen LogP contribution in [0.4, 0.5) is 0 Å². The average molecular weight is 151 g/mol. The van der Waals surface area contributed by atoms with Gasteiger partial charge < -0.3 is 5.32 Å². The molecule has 0 aromatic carbocycles. The molecule has 1 N–H and O–H groups in total. The van der Waals surface area contributed by atoms with E-state index >= 15 is 0 Å². The van der Waals surface area contributed by atoms with Crippen LogP contribution in [0.25, 0.3) is 0 Å². The lowest BCUT2D eigenvalue weighted by Gasteiger charge is -2.32. The lowest BCUT2D eigenvalue weighted by molar-refractivity contribution is 0.190. The Bertz CT molecular complexity index is 170. The van der Waals surface area contributed by atoms with Crippen molar-refractivity contribution in [2.75, 3.05) is 13.1 Å². The Morgan fingerprint density at radius 2 is 2.27 bits per heavy atom. The zero-order valence-corrected chi connectivity index (χ0v) is 7.10. The highest BCUT2D eigenvalue weighted by Gasteiger charge is 2.51. The van der Waals surface area contributed by atoms with Crippen LogP contribution in [0.1, 0.15) is 32.1 Å². The van der Waals surface area contributed by atoms with E-state index in [4.69, 9.17) is 0 Å². The molecule has 62 valence electrons. The van der Waals surface area contributed by atoms with Crippen LogP contribution in [0.15, 0.2) is 0 Å². The van der Waals surface area contributed by atoms with Crippen molar-refractivity contribution in [3.05, 3.63) is 0 Å². The maximum atomic E-state index is 3.54. The maximum absolute atomic E-state index is 3.54. The van der Waals surface area contributed by atoms with E-state index in [1.54, 1.807) is 25.7 Å². The van der Waals surface area contributed by atoms with Crippen LogP contribution in [0.3, 0.4) is 0 Å². The molecular formula is C10H17N. The molecule has 1 saturated heterocycles. The summed E-state index contributed by atoms with van der Waals surface area (Å²) in [5.41, 5.74) is 0.795. The van der Waals surface area contributed by atoms with Gasteiger partial charge in [0, 0.05) is 6.54 Å². The molecule has 0 aromatic heterocycles. The van der Waals surface area contributed by atoms with Gasteiger partial charge in [-0.2, -0.15) is 0 Å². The predicted octanol–water partition coefficient (Wildman–Crippen LogP) is 1.79. The molecule has 3 fully saturated rings. The fraction of sp³-hybridized carbons (Fsp3) is 1.00. The summed E-state index contributed by atoms with van der Waals surface area (Å²) in [4.78, 5) is 0. The van der Waals surface area contributed by atoms with E-state index in [9.17, 15) is 0 Å². The van der Waals surface area contributed by atoms with E-state index in [1.807, 2.05) is 0 Å². The molecule has 1 unspecified atom stereocenters. The molecule has 1 heteroatoms. The van der Waals surface area contributed by atoms with Crippen molar-refractivity contribution in [3.63, 3.8) is 0 Å². The van der Waals surface area contributed by atoms with Gasteiger partial charge in [0.15, 0.2) is 0 Å². The van der Waals surface area contributed by atoms with Gasteiger partial charge in [-0.3, -0.25) is 0 Å². The summed E-state index contributed by atoms with van der Waals surface area (Å²) in [6.07, 6.45) is 7.71. The molecule has 11 heavy (non-hydrogen) atoms. The third-order valence-electron chi connectivity index (χ3n) is 4.38. The molecule has 0 amide bonds. The van der Waals surface area contributed by atoms with Gasteiger partial charge in [-0.05, 0) is 49.5 Å². The van der Waals surface area contributed by atoms with Crippen molar-refractivity contribution in [3.8, 4) is 0 Å². The zero-order chi connectivity index (χ0) is 7.31. The Kier molecular flexibility index (Phi) is 1.18. The van der Waals surface area contributed by atoms with Gasteiger partial charge in [0.25, 0.3) is 0 Å². The summed E-state index contributed by atoms with van der Waals surface area (Å²) in [7, 11) is 0. The second-order valence-corrected chi connectivity index (χ2v) is 4.87. The second kappa shape index (κ2) is 2.01. The topological polar surface area (TPSA) is 12.0 Å². The largest absolute Gasteiger partial charge is 0.316 e. The molecule has 2 saturated carbocycles. The van der Waals surface area contributed by atoms with Crippen LogP contribution in [0.2, 0.25) is 0 Å². The quantitative estimate of drug-likeness (QED) is 0.556. The van der Waals surface area contributed by atoms with E-state index < -0.39 is 0 Å². The van der Waals surface area contributed by atoms with Crippen LogP contribution in [-0.2, 0) is 0 Å². The summed E-state index contributed by atoms with van der Waals surface area (Å²) in [6.45, 7) is 2.64. The van der Waals surface area contributed by atoms with E-state index in [0.29, 0.717) is 0 Å². The Balaban J connectivity index is 1.88. The first kappa shape index (κ1) is 6.47. The van der Waals surface area contributed by atoms with E-state index in [2.05, 4.69) is 5.32 Å². The summed E-state index contributed by atoms with van der Waals surface area (Å²) in [5, 5.41) is 3.54. The highest BCUT2D eigenvalue weighted by atomic mass is 14.9. The highest BCUT2D eigenvalue weighted by Crippen LogP contribution is 2.58. The Labute approximate surface area is 68.6 Å². The summed E-state index contributed by atoms with van der Waals surface area (Å²) < 4.78 is 0. The molecule has 1 spiro atoms. The Hall–Kier alpha value is -0.0400. The van der Waals surface area contributed by atoms with Gasteiger partial charge in [-0.25, -0.2) is 0 Å². The number of fused-ring (bicyclic) bond motifs is 3. The number of rotatable bonds is 0. The third kappa shape index (κ3) is 0.752. The van der Waals surface area contributed by atoms with Crippen molar-refractivity contribution in [2.45, 2.75) is 32.1 Å². The van der Waals surface area contributed by atoms with Gasteiger partial charge in [0.1, 0.15) is 0 Å². The van der Waals surface area contributed by atoms with Crippen LogP contribution in [0, 0.1) is 17.3 Å². The fourth-order valence-electron chi connectivity index (χ4n) is 3.84. The van der Waals surface area contributed by atoms with Crippen LogP contribution in [-0.4, -0.2) is 13.1 Å². The van der Waals surface area contributed by atoms with Crippen molar-refractivity contribution in [2.24, 2.45) is 17.3 Å². The fourth-order valence-corrected chi connectivity index (χ4v) is 3.84. The minimum atomic E-state index is 0.795. The SMILES string of the molecule is C1C[C@@]2(CN1)C[C@H]1CCC2C1. The molecule has 1 nitrogen and oxygen atoms in total. The van der Waals surface area contributed by atoms with E-state index in [0.717, 1.165) is 17.3 Å². The van der Waals surface area contributed by atoms with Crippen LogP contribution < -0.4 is 5.32 Å². The van der Waals surface area contributed by atoms with Gasteiger partial charge >= 0.3 is 0 Å². The Morgan fingerprint density at radius 3 is 2.82 bits per heavy atom. The minimum absolute atomic E-state index is 0.795. The van der Waals surface area contributed by atoms with Crippen molar-refractivity contribution >= 4 is 0 Å². The maximum Gasteiger partial charge on any atom is 0.00110 e. The van der Waals surface area contributed by atoms with E-state index in [-0.39, 0.29) is 0 Å². The molecule has 2 bridgehead atoms. The number of hydrogen-bond donors (Lipinski definition) is 1. The molecule has 1 aliphatic heterocycles. The van der Waals surface area contributed by atoms with Crippen molar-refractivity contribution < 1.29 is 0 Å². The van der Waals surface area contributed by atoms with Crippen LogP contribution in [0.5, 0.6) is 0 Å². The van der Waals surface area contributed by atoms with Gasteiger partial charge in [0.2, 0.25) is 0 Å². The first-order valence-corrected chi connectivity index (χ1v) is 5.10. The molecule has 3 rings (SSSR count). The monoisotopic (exact) mass is 151 g/mol. The normalized spacial score (nSPS) is 54.5. The molecule has 0 radical (unpaired) electrons.